The van der Waals surface area contributed by atoms with Gasteiger partial charge in [-0.25, -0.2) is 0 Å². The minimum atomic E-state index is -0.585. The van der Waals surface area contributed by atoms with Crippen molar-refractivity contribution in [2.24, 2.45) is 0 Å². The Kier molecular flexibility index (Phi) is 3.69. The standard InChI is InChI=1S/C13H16N2OS2/c1-8(2)11-9(17-3)6-10(18-11)12(16)15-13(7-14)4-5-13/h6,8H,4-5H2,1-3H3,(H,15,16). The molecule has 96 valence electrons. The minimum absolute atomic E-state index is 0.110. The fourth-order valence-electron chi connectivity index (χ4n) is 1.73. The number of rotatable bonds is 4. The largest absolute Gasteiger partial charge is 0.333 e. The van der Waals surface area contributed by atoms with E-state index in [0.717, 1.165) is 12.8 Å². The first kappa shape index (κ1) is 13.4. The fraction of sp³-hybridized carbons (Fsp3) is 0.538. The molecule has 1 N–H and O–H groups in total. The molecule has 0 aromatic carbocycles. The monoisotopic (exact) mass is 280 g/mol. The zero-order valence-electron chi connectivity index (χ0n) is 10.7. The number of nitriles is 1. The van der Waals surface area contributed by atoms with Gasteiger partial charge in [0.05, 0.1) is 10.9 Å². The normalized spacial score (nSPS) is 16.4. The Morgan fingerprint density at radius 3 is 2.67 bits per heavy atom. The molecule has 0 bridgehead atoms. The number of carbonyl (C=O) groups is 1. The minimum Gasteiger partial charge on any atom is -0.333 e. The Balaban J connectivity index is 2.19. The number of thioether (sulfide) groups is 1. The van der Waals surface area contributed by atoms with Crippen LogP contribution in [0.2, 0.25) is 0 Å². The summed E-state index contributed by atoms with van der Waals surface area (Å²) in [5.74, 6) is 0.311. The lowest BCUT2D eigenvalue weighted by Crippen LogP contribution is -2.35. The Labute approximate surface area is 116 Å². The Bertz CT molecular complexity index is 510. The zero-order valence-corrected chi connectivity index (χ0v) is 12.4. The summed E-state index contributed by atoms with van der Waals surface area (Å²) < 4.78 is 0. The van der Waals surface area contributed by atoms with Crippen LogP contribution in [0.5, 0.6) is 0 Å². The predicted octanol–water partition coefficient (Wildman–Crippen LogP) is 3.38. The van der Waals surface area contributed by atoms with Crippen molar-refractivity contribution in [1.29, 1.82) is 5.26 Å². The van der Waals surface area contributed by atoms with Crippen LogP contribution in [0.25, 0.3) is 0 Å². The van der Waals surface area contributed by atoms with Crippen molar-refractivity contribution in [3.8, 4) is 6.07 Å². The molecular formula is C13H16N2OS2. The summed E-state index contributed by atoms with van der Waals surface area (Å²) >= 11 is 3.20. The smallest absolute Gasteiger partial charge is 0.262 e. The molecule has 5 heteroatoms. The van der Waals surface area contributed by atoms with E-state index >= 15 is 0 Å². The number of nitrogens with one attached hydrogen (secondary N) is 1. The van der Waals surface area contributed by atoms with E-state index < -0.39 is 5.54 Å². The summed E-state index contributed by atoms with van der Waals surface area (Å²) in [6, 6.07) is 4.12. The second kappa shape index (κ2) is 4.94. The number of amides is 1. The second-order valence-corrected chi connectivity index (χ2v) is 6.78. The van der Waals surface area contributed by atoms with Gasteiger partial charge in [-0.05, 0) is 31.1 Å². The molecule has 18 heavy (non-hydrogen) atoms. The van der Waals surface area contributed by atoms with E-state index in [-0.39, 0.29) is 5.91 Å². The van der Waals surface area contributed by atoms with Gasteiger partial charge in [-0.1, -0.05) is 13.8 Å². The van der Waals surface area contributed by atoms with Crippen LogP contribution >= 0.6 is 23.1 Å². The van der Waals surface area contributed by atoms with E-state index in [0.29, 0.717) is 10.8 Å². The van der Waals surface area contributed by atoms with Gasteiger partial charge in [-0.15, -0.1) is 23.1 Å². The van der Waals surface area contributed by atoms with E-state index in [2.05, 4.69) is 25.2 Å². The maximum Gasteiger partial charge on any atom is 0.262 e. The van der Waals surface area contributed by atoms with E-state index in [1.807, 2.05) is 12.3 Å². The molecule has 0 radical (unpaired) electrons. The highest BCUT2D eigenvalue weighted by Gasteiger charge is 2.45. The van der Waals surface area contributed by atoms with Gasteiger partial charge < -0.3 is 5.32 Å². The van der Waals surface area contributed by atoms with Crippen molar-refractivity contribution in [1.82, 2.24) is 5.32 Å². The van der Waals surface area contributed by atoms with Crippen LogP contribution in [0, 0.1) is 11.3 Å². The van der Waals surface area contributed by atoms with Gasteiger partial charge in [0.2, 0.25) is 0 Å². The van der Waals surface area contributed by atoms with Gasteiger partial charge in [0, 0.05) is 9.77 Å². The summed E-state index contributed by atoms with van der Waals surface area (Å²) in [5.41, 5.74) is -0.585. The third kappa shape index (κ3) is 2.55. The molecule has 2 rings (SSSR count). The lowest BCUT2D eigenvalue weighted by atomic mass is 10.2. The molecule has 0 spiro atoms. The summed E-state index contributed by atoms with van der Waals surface area (Å²) in [6.07, 6.45) is 3.56. The molecule has 1 heterocycles. The van der Waals surface area contributed by atoms with E-state index in [9.17, 15) is 4.79 Å². The highest BCUT2D eigenvalue weighted by atomic mass is 32.2. The van der Waals surface area contributed by atoms with Gasteiger partial charge in [-0.2, -0.15) is 5.26 Å². The number of hydrogen-bond donors (Lipinski definition) is 1. The molecule has 0 aliphatic heterocycles. The van der Waals surface area contributed by atoms with Crippen LogP contribution < -0.4 is 5.32 Å². The van der Waals surface area contributed by atoms with Crippen molar-refractivity contribution in [3.63, 3.8) is 0 Å². The molecule has 1 fully saturated rings. The molecule has 1 amide bonds. The summed E-state index contributed by atoms with van der Waals surface area (Å²) in [7, 11) is 0. The maximum absolute atomic E-state index is 12.1. The molecule has 0 unspecified atom stereocenters. The Morgan fingerprint density at radius 1 is 1.61 bits per heavy atom. The van der Waals surface area contributed by atoms with Crippen molar-refractivity contribution in [2.75, 3.05) is 6.26 Å². The average Bonchev–Trinajstić information content (AvgIpc) is 2.97. The third-order valence-electron chi connectivity index (χ3n) is 3.01. The summed E-state index contributed by atoms with van der Waals surface area (Å²) in [6.45, 7) is 4.26. The first-order valence-electron chi connectivity index (χ1n) is 5.93. The molecule has 0 atom stereocenters. The van der Waals surface area contributed by atoms with Crippen LogP contribution in [0.4, 0.5) is 0 Å². The molecule has 1 aromatic rings. The first-order chi connectivity index (χ1) is 8.51. The van der Waals surface area contributed by atoms with Gasteiger partial charge in [0.25, 0.3) is 5.91 Å². The number of hydrogen-bond acceptors (Lipinski definition) is 4. The van der Waals surface area contributed by atoms with Crippen molar-refractivity contribution >= 4 is 29.0 Å². The van der Waals surface area contributed by atoms with Crippen LogP contribution in [-0.4, -0.2) is 17.7 Å². The average molecular weight is 280 g/mol. The number of nitrogens with zero attached hydrogens (tertiary/aromatic N) is 1. The van der Waals surface area contributed by atoms with Crippen molar-refractivity contribution in [3.05, 3.63) is 15.8 Å². The Hall–Kier alpha value is -0.990. The molecule has 1 aromatic heterocycles. The van der Waals surface area contributed by atoms with Crippen LogP contribution in [0.1, 0.15) is 47.2 Å². The number of thiophene rings is 1. The lowest BCUT2D eigenvalue weighted by Gasteiger charge is -2.07. The van der Waals surface area contributed by atoms with Gasteiger partial charge in [-0.3, -0.25) is 4.79 Å². The quantitative estimate of drug-likeness (QED) is 0.860. The van der Waals surface area contributed by atoms with E-state index in [1.165, 1.54) is 21.1 Å². The molecule has 0 saturated heterocycles. The van der Waals surface area contributed by atoms with Gasteiger partial charge in [0.1, 0.15) is 5.54 Å². The summed E-state index contributed by atoms with van der Waals surface area (Å²) in [5, 5.41) is 11.8. The first-order valence-corrected chi connectivity index (χ1v) is 7.97. The molecular weight excluding hydrogens is 264 g/mol. The third-order valence-corrected chi connectivity index (χ3v) is 5.35. The molecule has 1 saturated carbocycles. The van der Waals surface area contributed by atoms with E-state index in [1.54, 1.807) is 11.8 Å². The maximum atomic E-state index is 12.1. The topological polar surface area (TPSA) is 52.9 Å². The SMILES string of the molecule is CSc1cc(C(=O)NC2(C#N)CC2)sc1C(C)C. The van der Waals surface area contributed by atoms with Crippen molar-refractivity contribution < 1.29 is 4.79 Å². The van der Waals surface area contributed by atoms with Crippen LogP contribution in [-0.2, 0) is 0 Å². The summed E-state index contributed by atoms with van der Waals surface area (Å²) in [4.78, 5) is 15.2. The molecule has 3 nitrogen and oxygen atoms in total. The highest BCUT2D eigenvalue weighted by molar-refractivity contribution is 7.98. The molecule has 1 aliphatic rings. The van der Waals surface area contributed by atoms with Crippen molar-refractivity contribution in [2.45, 2.75) is 43.0 Å². The van der Waals surface area contributed by atoms with Crippen LogP contribution in [0.3, 0.4) is 0 Å². The predicted molar refractivity (Wildman–Crippen MR) is 75.2 cm³/mol. The van der Waals surface area contributed by atoms with Gasteiger partial charge in [0.15, 0.2) is 0 Å². The number of carbonyl (C=O) groups excluding carboxylic acids is 1. The zero-order chi connectivity index (χ0) is 13.3. The van der Waals surface area contributed by atoms with Gasteiger partial charge >= 0.3 is 0 Å². The fourth-order valence-corrected chi connectivity index (χ4v) is 3.81. The van der Waals surface area contributed by atoms with E-state index in [4.69, 9.17) is 5.26 Å². The van der Waals surface area contributed by atoms with Crippen LogP contribution in [0.15, 0.2) is 11.0 Å². The lowest BCUT2D eigenvalue weighted by molar-refractivity contribution is 0.0945. The Morgan fingerprint density at radius 2 is 2.28 bits per heavy atom. The molecule has 1 aliphatic carbocycles. The second-order valence-electron chi connectivity index (χ2n) is 4.85. The highest BCUT2D eigenvalue weighted by Crippen LogP contribution is 2.37.